The van der Waals surface area contributed by atoms with Crippen LogP contribution in [0.4, 0.5) is 5.69 Å². The Morgan fingerprint density at radius 3 is 2.52 bits per heavy atom. The van der Waals surface area contributed by atoms with Gasteiger partial charge < -0.3 is 9.72 Å². The number of esters is 1. The number of benzene rings is 1. The molecular weight excluding hydrogens is 320 g/mol. The number of fused-ring (bicyclic) bond motifs is 2. The van der Waals surface area contributed by atoms with Gasteiger partial charge in [-0.05, 0) is 43.0 Å². The van der Waals surface area contributed by atoms with Crippen molar-refractivity contribution in [2.75, 3.05) is 11.5 Å². The van der Waals surface area contributed by atoms with Crippen molar-refractivity contribution in [1.82, 2.24) is 4.98 Å². The second kappa shape index (κ2) is 5.88. The van der Waals surface area contributed by atoms with Crippen LogP contribution < -0.4 is 4.90 Å². The van der Waals surface area contributed by atoms with Crippen LogP contribution in [0.25, 0.3) is 0 Å². The van der Waals surface area contributed by atoms with Gasteiger partial charge >= 0.3 is 5.97 Å². The first-order valence-electron chi connectivity index (χ1n) is 8.41. The number of para-hydroxylation sites is 1. The van der Waals surface area contributed by atoms with Gasteiger partial charge in [0, 0.05) is 6.20 Å². The number of rotatable bonds is 3. The largest absolute Gasteiger partial charge is 0.461 e. The summed E-state index contributed by atoms with van der Waals surface area (Å²) < 4.78 is 5.07. The molecule has 0 radical (unpaired) electrons. The molecule has 6 heteroatoms. The quantitative estimate of drug-likeness (QED) is 0.686. The predicted octanol–water partition coefficient (Wildman–Crippen LogP) is 2.10. The fourth-order valence-corrected chi connectivity index (χ4v) is 3.83. The number of amides is 2. The van der Waals surface area contributed by atoms with Crippen LogP contribution in [0.5, 0.6) is 0 Å². The number of nitrogens with zero attached hydrogens (tertiary/aromatic N) is 1. The highest BCUT2D eigenvalue weighted by Gasteiger charge is 2.50. The first kappa shape index (κ1) is 15.6. The minimum absolute atomic E-state index is 0.161. The number of aromatic amines is 1. The van der Waals surface area contributed by atoms with Gasteiger partial charge in [-0.15, -0.1) is 0 Å². The standard InChI is InChI=1S/C19H18N2O4/c1-2-25-19(24)16-13-9-15-14(8-11(13)10-20-16)17(22)21(18(15)23)12-6-4-3-5-7-12/h3-7,10,14-15,20H,2,8-9H2,1H3. The van der Waals surface area contributed by atoms with E-state index in [9.17, 15) is 14.4 Å². The van der Waals surface area contributed by atoms with Crippen LogP contribution in [-0.2, 0) is 27.2 Å². The van der Waals surface area contributed by atoms with Crippen molar-refractivity contribution < 1.29 is 19.1 Å². The zero-order chi connectivity index (χ0) is 17.6. The Kier molecular flexibility index (Phi) is 3.67. The summed E-state index contributed by atoms with van der Waals surface area (Å²) in [5, 5.41) is 0. The molecule has 1 aromatic carbocycles. The Morgan fingerprint density at radius 1 is 1.16 bits per heavy atom. The maximum absolute atomic E-state index is 12.9. The average molecular weight is 338 g/mol. The molecule has 128 valence electrons. The number of imide groups is 1. The van der Waals surface area contributed by atoms with E-state index in [1.54, 1.807) is 37.4 Å². The molecule has 2 unspecified atom stereocenters. The number of ether oxygens (including phenoxy) is 1. The molecule has 2 heterocycles. The molecule has 0 bridgehead atoms. The maximum atomic E-state index is 12.9. The highest BCUT2D eigenvalue weighted by molar-refractivity contribution is 6.22. The highest BCUT2D eigenvalue weighted by Crippen LogP contribution is 2.40. The molecule has 25 heavy (non-hydrogen) atoms. The molecule has 0 spiro atoms. The van der Waals surface area contributed by atoms with E-state index in [0.717, 1.165) is 11.1 Å². The molecule has 1 saturated heterocycles. The van der Waals surface area contributed by atoms with Gasteiger partial charge in [-0.2, -0.15) is 0 Å². The Balaban J connectivity index is 1.66. The maximum Gasteiger partial charge on any atom is 0.355 e. The lowest BCUT2D eigenvalue weighted by Gasteiger charge is -2.21. The minimum Gasteiger partial charge on any atom is -0.461 e. The SMILES string of the molecule is CCOC(=O)c1[nH]cc2c1CC1C(=O)N(c3ccccc3)C(=O)C1C2. The molecule has 1 aliphatic heterocycles. The second-order valence-electron chi connectivity index (χ2n) is 6.36. The summed E-state index contributed by atoms with van der Waals surface area (Å²) in [6.07, 6.45) is 2.59. The fourth-order valence-electron chi connectivity index (χ4n) is 3.83. The molecule has 4 rings (SSSR count). The number of hydrogen-bond acceptors (Lipinski definition) is 4. The highest BCUT2D eigenvalue weighted by atomic mass is 16.5. The van der Waals surface area contributed by atoms with Crippen molar-refractivity contribution in [3.05, 3.63) is 53.3 Å². The molecule has 1 N–H and O–H groups in total. The van der Waals surface area contributed by atoms with E-state index < -0.39 is 11.9 Å². The lowest BCUT2D eigenvalue weighted by molar-refractivity contribution is -0.122. The van der Waals surface area contributed by atoms with E-state index in [2.05, 4.69) is 4.98 Å². The van der Waals surface area contributed by atoms with Gasteiger partial charge in [-0.1, -0.05) is 18.2 Å². The third kappa shape index (κ3) is 2.36. The Labute approximate surface area is 144 Å². The molecule has 1 fully saturated rings. The molecule has 2 atom stereocenters. The zero-order valence-electron chi connectivity index (χ0n) is 13.8. The van der Waals surface area contributed by atoms with Crippen LogP contribution in [0.1, 0.15) is 28.5 Å². The number of anilines is 1. The molecular formula is C19H18N2O4. The number of carbonyl (C=O) groups excluding carboxylic acids is 3. The normalized spacial score (nSPS) is 21.9. The summed E-state index contributed by atoms with van der Waals surface area (Å²) in [6, 6.07) is 8.98. The summed E-state index contributed by atoms with van der Waals surface area (Å²) in [6.45, 7) is 2.04. The van der Waals surface area contributed by atoms with Crippen molar-refractivity contribution in [3.8, 4) is 0 Å². The average Bonchev–Trinajstić information content (AvgIpc) is 3.14. The van der Waals surface area contributed by atoms with Crippen LogP contribution in [0.15, 0.2) is 36.5 Å². The van der Waals surface area contributed by atoms with Crippen LogP contribution in [0.2, 0.25) is 0 Å². The van der Waals surface area contributed by atoms with Crippen LogP contribution in [0.3, 0.4) is 0 Å². The van der Waals surface area contributed by atoms with E-state index in [1.165, 1.54) is 4.90 Å². The van der Waals surface area contributed by atoms with E-state index in [4.69, 9.17) is 4.74 Å². The van der Waals surface area contributed by atoms with Crippen molar-refractivity contribution in [3.63, 3.8) is 0 Å². The number of aromatic nitrogens is 1. The van der Waals surface area contributed by atoms with Crippen LogP contribution in [0, 0.1) is 11.8 Å². The van der Waals surface area contributed by atoms with Gasteiger partial charge in [0.2, 0.25) is 11.8 Å². The summed E-state index contributed by atoms with van der Waals surface area (Å²) >= 11 is 0. The number of nitrogens with one attached hydrogen (secondary N) is 1. The summed E-state index contributed by atoms with van der Waals surface area (Å²) in [5.41, 5.74) is 2.72. The van der Waals surface area contributed by atoms with Gasteiger partial charge in [0.05, 0.1) is 24.1 Å². The summed E-state index contributed by atoms with van der Waals surface area (Å²) in [5.74, 6) is -1.57. The van der Waals surface area contributed by atoms with Gasteiger partial charge in [0.15, 0.2) is 0 Å². The molecule has 2 aromatic rings. The Bertz CT molecular complexity index is 856. The molecule has 1 aliphatic carbocycles. The first-order valence-corrected chi connectivity index (χ1v) is 8.41. The minimum atomic E-state index is -0.427. The molecule has 2 aliphatic rings. The Morgan fingerprint density at radius 2 is 1.84 bits per heavy atom. The van der Waals surface area contributed by atoms with E-state index in [-0.39, 0.29) is 24.3 Å². The van der Waals surface area contributed by atoms with Gasteiger partial charge in [0.25, 0.3) is 0 Å². The predicted molar refractivity (Wildman–Crippen MR) is 90.1 cm³/mol. The number of hydrogen-bond donors (Lipinski definition) is 1. The summed E-state index contributed by atoms with van der Waals surface area (Å²) in [7, 11) is 0. The summed E-state index contributed by atoms with van der Waals surface area (Å²) in [4.78, 5) is 42.0. The van der Waals surface area contributed by atoms with Gasteiger partial charge in [-0.3, -0.25) is 14.5 Å². The van der Waals surface area contributed by atoms with Crippen LogP contribution >= 0.6 is 0 Å². The lowest BCUT2D eigenvalue weighted by atomic mass is 9.78. The third-order valence-electron chi connectivity index (χ3n) is 5.00. The van der Waals surface area contributed by atoms with E-state index in [1.807, 2.05) is 6.07 Å². The second-order valence-corrected chi connectivity index (χ2v) is 6.36. The third-order valence-corrected chi connectivity index (χ3v) is 5.00. The smallest absolute Gasteiger partial charge is 0.355 e. The van der Waals surface area contributed by atoms with Crippen LogP contribution in [-0.4, -0.2) is 29.4 Å². The van der Waals surface area contributed by atoms with Crippen molar-refractivity contribution in [2.24, 2.45) is 11.8 Å². The van der Waals surface area contributed by atoms with Crippen molar-refractivity contribution in [2.45, 2.75) is 19.8 Å². The monoisotopic (exact) mass is 338 g/mol. The molecule has 0 saturated carbocycles. The van der Waals surface area contributed by atoms with E-state index >= 15 is 0 Å². The van der Waals surface area contributed by atoms with Gasteiger partial charge in [-0.25, -0.2) is 4.79 Å². The molecule has 2 amide bonds. The lowest BCUT2D eigenvalue weighted by Crippen LogP contribution is -2.31. The van der Waals surface area contributed by atoms with E-state index in [0.29, 0.717) is 24.2 Å². The van der Waals surface area contributed by atoms with Crippen molar-refractivity contribution in [1.29, 1.82) is 0 Å². The fraction of sp³-hybridized carbons (Fsp3) is 0.316. The number of carbonyl (C=O) groups is 3. The molecule has 6 nitrogen and oxygen atoms in total. The number of H-pyrrole nitrogens is 1. The van der Waals surface area contributed by atoms with Gasteiger partial charge in [0.1, 0.15) is 5.69 Å². The topological polar surface area (TPSA) is 79.5 Å². The molecule has 1 aromatic heterocycles. The van der Waals surface area contributed by atoms with Crippen molar-refractivity contribution >= 4 is 23.5 Å². The zero-order valence-corrected chi connectivity index (χ0v) is 13.8. The Hall–Kier alpha value is -2.89. The first-order chi connectivity index (χ1) is 12.1.